The predicted octanol–water partition coefficient (Wildman–Crippen LogP) is 2.64. The Labute approximate surface area is 156 Å². The lowest BCUT2D eigenvalue weighted by Crippen LogP contribution is -2.43. The molecule has 0 spiro atoms. The summed E-state index contributed by atoms with van der Waals surface area (Å²) in [6.07, 6.45) is -3.74. The first-order chi connectivity index (χ1) is 12.8. The second kappa shape index (κ2) is 9.77. The van der Waals surface area contributed by atoms with E-state index >= 15 is 0 Å². The van der Waals surface area contributed by atoms with Crippen molar-refractivity contribution in [3.8, 4) is 5.75 Å². The topological polar surface area (TPSA) is 48.9 Å². The number of guanidine groups is 1. The van der Waals surface area contributed by atoms with Gasteiger partial charge in [0, 0.05) is 20.1 Å². The summed E-state index contributed by atoms with van der Waals surface area (Å²) < 4.78 is 56.4. The van der Waals surface area contributed by atoms with Gasteiger partial charge in [-0.05, 0) is 37.9 Å². The lowest BCUT2D eigenvalue weighted by Gasteiger charge is -2.20. The van der Waals surface area contributed by atoms with Gasteiger partial charge < -0.3 is 15.4 Å². The summed E-state index contributed by atoms with van der Waals surface area (Å²) in [5.74, 6) is 0.438. The van der Waals surface area contributed by atoms with Crippen LogP contribution >= 0.6 is 0 Å². The van der Waals surface area contributed by atoms with E-state index in [1.807, 2.05) is 0 Å². The van der Waals surface area contributed by atoms with E-state index in [9.17, 15) is 17.6 Å². The maximum Gasteiger partial charge on any atom is 0.401 e. The van der Waals surface area contributed by atoms with Gasteiger partial charge in [0.05, 0.1) is 13.1 Å². The fourth-order valence-electron chi connectivity index (χ4n) is 2.98. The van der Waals surface area contributed by atoms with Crippen molar-refractivity contribution >= 4 is 5.96 Å². The largest absolute Gasteiger partial charge is 0.486 e. The summed E-state index contributed by atoms with van der Waals surface area (Å²) in [7, 11) is 1.61. The monoisotopic (exact) mass is 390 g/mol. The SMILES string of the molecule is CN=C(NCC1CCN(CC(F)(F)F)C1)NCC(C)Oc1ccccc1F. The smallest absolute Gasteiger partial charge is 0.401 e. The molecule has 2 atom stereocenters. The van der Waals surface area contributed by atoms with Crippen LogP contribution < -0.4 is 15.4 Å². The highest BCUT2D eigenvalue weighted by molar-refractivity contribution is 5.79. The number of hydrogen-bond donors (Lipinski definition) is 2. The molecule has 0 aliphatic carbocycles. The second-order valence-corrected chi connectivity index (χ2v) is 6.70. The molecule has 152 valence electrons. The lowest BCUT2D eigenvalue weighted by atomic mass is 10.1. The van der Waals surface area contributed by atoms with Gasteiger partial charge in [-0.3, -0.25) is 9.89 Å². The number of alkyl halides is 3. The Morgan fingerprint density at radius 1 is 1.33 bits per heavy atom. The fraction of sp³-hybridized carbons (Fsp3) is 0.611. The van der Waals surface area contributed by atoms with E-state index in [1.54, 1.807) is 32.2 Å². The zero-order chi connectivity index (χ0) is 19.9. The number of nitrogens with zero attached hydrogens (tertiary/aromatic N) is 2. The van der Waals surface area contributed by atoms with Crippen LogP contribution in [-0.4, -0.2) is 62.9 Å². The molecule has 0 aromatic heterocycles. The number of halogens is 4. The normalized spacial score (nSPS) is 19.8. The minimum Gasteiger partial charge on any atom is -0.486 e. The molecule has 0 amide bonds. The zero-order valence-electron chi connectivity index (χ0n) is 15.5. The number of likely N-dealkylation sites (tertiary alicyclic amines) is 1. The fourth-order valence-corrected chi connectivity index (χ4v) is 2.98. The van der Waals surface area contributed by atoms with Crippen LogP contribution in [0.5, 0.6) is 5.75 Å². The van der Waals surface area contributed by atoms with E-state index < -0.39 is 18.5 Å². The molecule has 27 heavy (non-hydrogen) atoms. The van der Waals surface area contributed by atoms with Gasteiger partial charge in [-0.1, -0.05) is 12.1 Å². The van der Waals surface area contributed by atoms with E-state index in [0.717, 1.165) is 0 Å². The maximum absolute atomic E-state index is 13.6. The van der Waals surface area contributed by atoms with Gasteiger partial charge in [-0.2, -0.15) is 13.2 Å². The van der Waals surface area contributed by atoms with Crippen LogP contribution in [-0.2, 0) is 0 Å². The zero-order valence-corrected chi connectivity index (χ0v) is 15.5. The Balaban J connectivity index is 1.69. The highest BCUT2D eigenvalue weighted by Gasteiger charge is 2.34. The Kier molecular flexibility index (Phi) is 7.70. The Bertz CT molecular complexity index is 624. The highest BCUT2D eigenvalue weighted by Crippen LogP contribution is 2.22. The average Bonchev–Trinajstić information content (AvgIpc) is 3.02. The Morgan fingerprint density at radius 2 is 2.07 bits per heavy atom. The van der Waals surface area contributed by atoms with Gasteiger partial charge in [0.1, 0.15) is 6.10 Å². The number of hydrogen-bond acceptors (Lipinski definition) is 3. The molecular formula is C18H26F4N4O. The summed E-state index contributed by atoms with van der Waals surface area (Å²) in [6, 6.07) is 6.18. The summed E-state index contributed by atoms with van der Waals surface area (Å²) in [4.78, 5) is 5.52. The molecule has 0 bridgehead atoms. The molecule has 1 aliphatic rings. The van der Waals surface area contributed by atoms with Crippen LogP contribution in [0.2, 0.25) is 0 Å². The average molecular weight is 390 g/mol. The van der Waals surface area contributed by atoms with Crippen molar-refractivity contribution in [3.63, 3.8) is 0 Å². The van der Waals surface area contributed by atoms with Gasteiger partial charge in [0.15, 0.2) is 17.5 Å². The Hall–Kier alpha value is -2.03. The molecule has 0 saturated carbocycles. The van der Waals surface area contributed by atoms with Gasteiger partial charge >= 0.3 is 6.18 Å². The highest BCUT2D eigenvalue weighted by atomic mass is 19.4. The molecular weight excluding hydrogens is 364 g/mol. The van der Waals surface area contributed by atoms with E-state index in [-0.39, 0.29) is 17.8 Å². The van der Waals surface area contributed by atoms with Crippen molar-refractivity contribution in [2.45, 2.75) is 25.6 Å². The van der Waals surface area contributed by atoms with E-state index in [4.69, 9.17) is 4.74 Å². The van der Waals surface area contributed by atoms with Gasteiger partial charge in [-0.15, -0.1) is 0 Å². The summed E-state index contributed by atoms with van der Waals surface area (Å²) in [5, 5.41) is 6.21. The molecule has 1 fully saturated rings. The standard InChI is InChI=1S/C18H26F4N4O/c1-13(27-16-6-4-3-5-15(16)19)9-24-17(23-2)25-10-14-7-8-26(11-14)12-18(20,21)22/h3-6,13-14H,7-12H2,1-2H3,(H2,23,24,25). The van der Waals surface area contributed by atoms with Crippen LogP contribution in [0.1, 0.15) is 13.3 Å². The summed E-state index contributed by atoms with van der Waals surface area (Å²) >= 11 is 0. The third-order valence-corrected chi connectivity index (χ3v) is 4.28. The molecule has 0 radical (unpaired) electrons. The maximum atomic E-state index is 13.6. The van der Waals surface area contributed by atoms with Crippen LogP contribution in [0.3, 0.4) is 0 Å². The quantitative estimate of drug-likeness (QED) is 0.427. The predicted molar refractivity (Wildman–Crippen MR) is 96.5 cm³/mol. The van der Waals surface area contributed by atoms with E-state index in [2.05, 4.69) is 15.6 Å². The van der Waals surface area contributed by atoms with Crippen molar-refractivity contribution < 1.29 is 22.3 Å². The van der Waals surface area contributed by atoms with Crippen molar-refractivity contribution in [3.05, 3.63) is 30.1 Å². The summed E-state index contributed by atoms with van der Waals surface area (Å²) in [5.41, 5.74) is 0. The molecule has 1 heterocycles. The lowest BCUT2D eigenvalue weighted by molar-refractivity contribution is -0.143. The third-order valence-electron chi connectivity index (χ3n) is 4.28. The molecule has 2 N–H and O–H groups in total. The number of ether oxygens (including phenoxy) is 1. The number of nitrogens with one attached hydrogen (secondary N) is 2. The van der Waals surface area contributed by atoms with Gasteiger partial charge in [0.2, 0.25) is 0 Å². The molecule has 1 aromatic rings. The third kappa shape index (κ3) is 7.62. The van der Waals surface area contributed by atoms with Crippen LogP contribution in [0.4, 0.5) is 17.6 Å². The van der Waals surface area contributed by atoms with Crippen molar-refractivity contribution in [1.82, 2.24) is 15.5 Å². The van der Waals surface area contributed by atoms with Crippen molar-refractivity contribution in [2.75, 3.05) is 39.8 Å². The number of aliphatic imine (C=N–C) groups is 1. The summed E-state index contributed by atoms with van der Waals surface area (Å²) in [6.45, 7) is 2.75. The minimum atomic E-state index is -4.16. The van der Waals surface area contributed by atoms with Crippen LogP contribution in [0, 0.1) is 11.7 Å². The molecule has 1 aliphatic heterocycles. The molecule has 9 heteroatoms. The van der Waals surface area contributed by atoms with Gasteiger partial charge in [-0.25, -0.2) is 4.39 Å². The molecule has 2 rings (SSSR count). The molecule has 1 aromatic carbocycles. The van der Waals surface area contributed by atoms with E-state index in [1.165, 1.54) is 11.0 Å². The first-order valence-electron chi connectivity index (χ1n) is 8.91. The minimum absolute atomic E-state index is 0.137. The molecule has 1 saturated heterocycles. The molecule has 5 nitrogen and oxygen atoms in total. The Morgan fingerprint density at radius 3 is 2.74 bits per heavy atom. The van der Waals surface area contributed by atoms with Crippen molar-refractivity contribution in [2.24, 2.45) is 10.9 Å². The van der Waals surface area contributed by atoms with E-state index in [0.29, 0.717) is 38.6 Å². The number of rotatable bonds is 7. The first-order valence-corrected chi connectivity index (χ1v) is 8.91. The van der Waals surface area contributed by atoms with Crippen LogP contribution in [0.15, 0.2) is 29.3 Å². The molecule has 2 unspecified atom stereocenters. The van der Waals surface area contributed by atoms with Crippen LogP contribution in [0.25, 0.3) is 0 Å². The van der Waals surface area contributed by atoms with Gasteiger partial charge in [0.25, 0.3) is 0 Å². The second-order valence-electron chi connectivity index (χ2n) is 6.70. The van der Waals surface area contributed by atoms with Crippen molar-refractivity contribution in [1.29, 1.82) is 0 Å². The first kappa shape index (κ1) is 21.3. The number of para-hydroxylation sites is 1. The number of benzene rings is 1.